The van der Waals surface area contributed by atoms with Crippen LogP contribution in [0.3, 0.4) is 0 Å². The van der Waals surface area contributed by atoms with Crippen molar-refractivity contribution >= 4 is 53.1 Å². The van der Waals surface area contributed by atoms with Crippen LogP contribution in [0.25, 0.3) is 0 Å². The molecule has 1 saturated heterocycles. The molecule has 8 heteroatoms. The first-order chi connectivity index (χ1) is 13.1. The Balaban J connectivity index is 0.00000280. The van der Waals surface area contributed by atoms with Crippen molar-refractivity contribution in [3.63, 3.8) is 0 Å². The molecule has 0 bridgehead atoms. The number of nitrogens with one attached hydrogen (secondary N) is 3. The van der Waals surface area contributed by atoms with Crippen LogP contribution >= 0.6 is 35.6 Å². The Kier molecular flexibility index (Phi) is 8.85. The van der Waals surface area contributed by atoms with E-state index < -0.39 is 0 Å². The number of guanidine groups is 1. The zero-order valence-electron chi connectivity index (χ0n) is 15.7. The van der Waals surface area contributed by atoms with Crippen LogP contribution in [0.2, 0.25) is 5.02 Å². The van der Waals surface area contributed by atoms with Crippen LogP contribution in [0.1, 0.15) is 11.1 Å². The Labute approximate surface area is 187 Å². The van der Waals surface area contributed by atoms with Crippen molar-refractivity contribution in [2.75, 3.05) is 31.6 Å². The number of piperazine rings is 1. The van der Waals surface area contributed by atoms with E-state index in [0.29, 0.717) is 26.2 Å². The van der Waals surface area contributed by atoms with E-state index in [-0.39, 0.29) is 29.9 Å². The van der Waals surface area contributed by atoms with Gasteiger partial charge in [-0.05, 0) is 35.4 Å². The number of amides is 1. The van der Waals surface area contributed by atoms with Crippen molar-refractivity contribution in [3.05, 3.63) is 64.7 Å². The zero-order valence-corrected chi connectivity index (χ0v) is 18.8. The molecule has 150 valence electrons. The second-order valence-electron chi connectivity index (χ2n) is 6.34. The second kappa shape index (κ2) is 11.1. The number of benzene rings is 2. The van der Waals surface area contributed by atoms with Crippen molar-refractivity contribution in [3.8, 4) is 0 Å². The average molecular weight is 514 g/mol. The molecule has 0 unspecified atom stereocenters. The Morgan fingerprint density at radius 2 is 1.64 bits per heavy atom. The molecule has 28 heavy (non-hydrogen) atoms. The third-order valence-corrected chi connectivity index (χ3v) is 4.65. The lowest BCUT2D eigenvalue weighted by Crippen LogP contribution is -2.47. The molecular formula is C20H25ClIN5O. The monoisotopic (exact) mass is 513 g/mol. The first kappa shape index (κ1) is 22.3. The fraction of sp³-hybridized carbons (Fsp3) is 0.300. The van der Waals surface area contributed by atoms with Gasteiger partial charge in [-0.25, -0.2) is 0 Å². The quantitative estimate of drug-likeness (QED) is 0.327. The predicted molar refractivity (Wildman–Crippen MR) is 126 cm³/mol. The largest absolute Gasteiger partial charge is 0.360 e. The lowest BCUT2D eigenvalue weighted by atomic mass is 10.2. The van der Waals surface area contributed by atoms with E-state index in [1.807, 2.05) is 24.3 Å². The molecule has 0 atom stereocenters. The fourth-order valence-electron chi connectivity index (χ4n) is 2.88. The fourth-order valence-corrected chi connectivity index (χ4v) is 3.00. The van der Waals surface area contributed by atoms with Crippen LogP contribution in [0.15, 0.2) is 53.5 Å². The normalized spacial score (nSPS) is 14.1. The molecule has 3 N–H and O–H groups in total. The highest BCUT2D eigenvalue weighted by molar-refractivity contribution is 14.0. The molecule has 2 aromatic rings. The summed E-state index contributed by atoms with van der Waals surface area (Å²) in [4.78, 5) is 17.9. The standard InChI is InChI=1S/C20H24ClN5O.HI/c1-22-20(24-12-15-2-6-17(21)7-3-15)25-13-16-4-8-18(9-5-16)26-11-10-23-19(27)14-26;/h2-9H,10-14H2,1H3,(H,23,27)(H2,22,24,25);1H. The average Bonchev–Trinajstić information content (AvgIpc) is 2.70. The van der Waals surface area contributed by atoms with Gasteiger partial charge >= 0.3 is 0 Å². The first-order valence-corrected chi connectivity index (χ1v) is 9.31. The molecule has 1 amide bonds. The van der Waals surface area contributed by atoms with E-state index >= 15 is 0 Å². The van der Waals surface area contributed by atoms with Crippen molar-refractivity contribution in [2.45, 2.75) is 13.1 Å². The van der Waals surface area contributed by atoms with Gasteiger partial charge in [0.2, 0.25) is 5.91 Å². The van der Waals surface area contributed by atoms with E-state index in [4.69, 9.17) is 11.6 Å². The summed E-state index contributed by atoms with van der Waals surface area (Å²) in [6, 6.07) is 16.0. The topological polar surface area (TPSA) is 68.8 Å². The number of carbonyl (C=O) groups is 1. The van der Waals surface area contributed by atoms with Gasteiger partial charge in [-0.3, -0.25) is 9.79 Å². The summed E-state index contributed by atoms with van der Waals surface area (Å²) in [6.45, 7) is 3.29. The van der Waals surface area contributed by atoms with Gasteiger partial charge in [-0.15, -0.1) is 24.0 Å². The van der Waals surface area contributed by atoms with Crippen molar-refractivity contribution in [1.82, 2.24) is 16.0 Å². The van der Waals surface area contributed by atoms with Crippen LogP contribution in [-0.2, 0) is 17.9 Å². The Morgan fingerprint density at radius 1 is 1.07 bits per heavy atom. The number of hydrogen-bond acceptors (Lipinski definition) is 3. The molecule has 0 saturated carbocycles. The minimum Gasteiger partial charge on any atom is -0.360 e. The van der Waals surface area contributed by atoms with Gasteiger partial charge in [0.15, 0.2) is 5.96 Å². The Bertz CT molecular complexity index is 795. The highest BCUT2D eigenvalue weighted by Crippen LogP contribution is 2.16. The second-order valence-corrected chi connectivity index (χ2v) is 6.78. The van der Waals surface area contributed by atoms with E-state index in [9.17, 15) is 4.79 Å². The Hall–Kier alpha value is -2.00. The number of rotatable bonds is 5. The molecule has 6 nitrogen and oxygen atoms in total. The summed E-state index contributed by atoms with van der Waals surface area (Å²) >= 11 is 5.91. The smallest absolute Gasteiger partial charge is 0.239 e. The third kappa shape index (κ3) is 6.56. The van der Waals surface area contributed by atoms with Gasteiger partial charge in [0.1, 0.15) is 0 Å². The first-order valence-electron chi connectivity index (χ1n) is 8.93. The Morgan fingerprint density at radius 3 is 2.18 bits per heavy atom. The molecule has 1 heterocycles. The summed E-state index contributed by atoms with van der Waals surface area (Å²) < 4.78 is 0. The summed E-state index contributed by atoms with van der Waals surface area (Å²) in [6.07, 6.45) is 0. The minimum absolute atomic E-state index is 0. The van der Waals surface area contributed by atoms with Gasteiger partial charge < -0.3 is 20.9 Å². The number of halogens is 2. The SMILES string of the molecule is CN=C(NCc1ccc(Cl)cc1)NCc1ccc(N2CCNC(=O)C2)cc1.I. The van der Waals surface area contributed by atoms with E-state index in [0.717, 1.165) is 34.3 Å². The number of carbonyl (C=O) groups excluding carboxylic acids is 1. The van der Waals surface area contributed by atoms with Crippen molar-refractivity contribution < 1.29 is 4.79 Å². The van der Waals surface area contributed by atoms with Gasteiger partial charge in [-0.2, -0.15) is 0 Å². The van der Waals surface area contributed by atoms with Gasteiger partial charge in [-0.1, -0.05) is 35.9 Å². The van der Waals surface area contributed by atoms with Crippen LogP contribution in [0.4, 0.5) is 5.69 Å². The van der Waals surface area contributed by atoms with Crippen LogP contribution in [-0.4, -0.2) is 38.5 Å². The molecule has 1 aliphatic rings. The predicted octanol–water partition coefficient (Wildman–Crippen LogP) is 2.76. The van der Waals surface area contributed by atoms with Crippen LogP contribution in [0.5, 0.6) is 0 Å². The van der Waals surface area contributed by atoms with Crippen molar-refractivity contribution in [1.29, 1.82) is 0 Å². The third-order valence-electron chi connectivity index (χ3n) is 4.40. The summed E-state index contributed by atoms with van der Waals surface area (Å²) in [7, 11) is 1.75. The lowest BCUT2D eigenvalue weighted by Gasteiger charge is -2.28. The maximum Gasteiger partial charge on any atom is 0.239 e. The molecule has 1 fully saturated rings. The number of aliphatic imine (C=N–C) groups is 1. The van der Waals surface area contributed by atoms with E-state index in [1.165, 1.54) is 0 Å². The molecule has 0 aromatic heterocycles. The molecule has 0 radical (unpaired) electrons. The minimum atomic E-state index is 0. The van der Waals surface area contributed by atoms with E-state index in [2.05, 4.69) is 50.1 Å². The molecule has 1 aliphatic heterocycles. The highest BCUT2D eigenvalue weighted by Gasteiger charge is 2.16. The lowest BCUT2D eigenvalue weighted by molar-refractivity contribution is -0.120. The number of nitrogens with zero attached hydrogens (tertiary/aromatic N) is 2. The van der Waals surface area contributed by atoms with Gasteiger partial charge in [0.05, 0.1) is 6.54 Å². The molecule has 3 rings (SSSR count). The molecular weight excluding hydrogens is 489 g/mol. The van der Waals surface area contributed by atoms with Gasteiger partial charge in [0.25, 0.3) is 0 Å². The van der Waals surface area contributed by atoms with Crippen LogP contribution < -0.4 is 20.9 Å². The maximum atomic E-state index is 11.5. The van der Waals surface area contributed by atoms with Crippen LogP contribution in [0, 0.1) is 0 Å². The molecule has 0 spiro atoms. The summed E-state index contributed by atoms with van der Waals surface area (Å²) in [5.74, 6) is 0.810. The summed E-state index contributed by atoms with van der Waals surface area (Å²) in [5, 5.41) is 10.2. The maximum absolute atomic E-state index is 11.5. The number of hydrogen-bond donors (Lipinski definition) is 3. The molecule has 0 aliphatic carbocycles. The van der Waals surface area contributed by atoms with Crippen molar-refractivity contribution in [2.24, 2.45) is 4.99 Å². The summed E-state index contributed by atoms with van der Waals surface area (Å²) in [5.41, 5.74) is 3.35. The zero-order chi connectivity index (χ0) is 19.1. The highest BCUT2D eigenvalue weighted by atomic mass is 127. The molecule has 2 aromatic carbocycles. The number of anilines is 1. The van der Waals surface area contributed by atoms with E-state index in [1.54, 1.807) is 7.05 Å². The van der Waals surface area contributed by atoms with Gasteiger partial charge in [0, 0.05) is 43.9 Å².